The molecule has 4 heterocycles. The maximum absolute atomic E-state index is 14.1. The lowest BCUT2D eigenvalue weighted by atomic mass is 9.95. The first kappa shape index (κ1) is 45.1. The SMILES string of the molecule is O=C(CCCCCN1C(=O)C=CC1=O)NCCn1c(C=CC(=O)N2C[C@@H](CCl)c3c2cc(OP)c2ccccc32)ccc1C=CC(=O)N1C[C@@H](CCl)c2c1cc(OP)c1ccccc21. The maximum Gasteiger partial charge on any atom is 0.253 e. The number of fused-ring (bicyclic) bond motifs is 6. The molecular formula is C48H47Cl2N5O7P2. The first-order valence-electron chi connectivity index (χ1n) is 21.1. The van der Waals surface area contributed by atoms with Gasteiger partial charge in [0.1, 0.15) is 11.5 Å². The summed E-state index contributed by atoms with van der Waals surface area (Å²) in [6.07, 6.45) is 11.3. The van der Waals surface area contributed by atoms with Crippen LogP contribution in [0.3, 0.4) is 0 Å². The van der Waals surface area contributed by atoms with E-state index in [1.54, 1.807) is 22.0 Å². The minimum absolute atomic E-state index is 0.0732. The van der Waals surface area contributed by atoms with E-state index < -0.39 is 0 Å². The number of nitrogens with zero attached hydrogens (tertiary/aromatic N) is 4. The van der Waals surface area contributed by atoms with E-state index in [0.29, 0.717) is 80.1 Å². The van der Waals surface area contributed by atoms with Gasteiger partial charge in [-0.25, -0.2) is 0 Å². The maximum atomic E-state index is 14.1. The summed E-state index contributed by atoms with van der Waals surface area (Å²) < 4.78 is 13.3. The van der Waals surface area contributed by atoms with Crippen LogP contribution in [0.2, 0.25) is 0 Å². The van der Waals surface area contributed by atoms with Crippen LogP contribution in [0.25, 0.3) is 33.7 Å². The van der Waals surface area contributed by atoms with E-state index in [1.807, 2.05) is 77.4 Å². The molecule has 64 heavy (non-hydrogen) atoms. The van der Waals surface area contributed by atoms with Gasteiger partial charge in [0.2, 0.25) is 5.91 Å². The summed E-state index contributed by atoms with van der Waals surface area (Å²) in [5.74, 6) is 0.580. The first-order chi connectivity index (χ1) is 31.1. The van der Waals surface area contributed by atoms with Gasteiger partial charge in [0, 0.05) is 121 Å². The van der Waals surface area contributed by atoms with Crippen molar-refractivity contribution in [1.82, 2.24) is 14.8 Å². The predicted octanol–water partition coefficient (Wildman–Crippen LogP) is 8.50. The number of hydrogen-bond acceptors (Lipinski definition) is 7. The minimum atomic E-state index is -0.310. The van der Waals surface area contributed by atoms with Crippen molar-refractivity contribution in [3.63, 3.8) is 0 Å². The van der Waals surface area contributed by atoms with Gasteiger partial charge in [0.05, 0.1) is 30.3 Å². The Kier molecular flexibility index (Phi) is 14.2. The number of rotatable bonds is 17. The lowest BCUT2D eigenvalue weighted by Crippen LogP contribution is -2.31. The van der Waals surface area contributed by atoms with Crippen LogP contribution in [0.15, 0.2) is 97.1 Å². The summed E-state index contributed by atoms with van der Waals surface area (Å²) in [6.45, 7) is 1.76. The topological polar surface area (TPSA) is 130 Å². The average molecular weight is 939 g/mol. The van der Waals surface area contributed by atoms with Crippen molar-refractivity contribution >= 4 is 117 Å². The molecular weight excluding hydrogens is 891 g/mol. The lowest BCUT2D eigenvalue weighted by molar-refractivity contribution is -0.137. The lowest BCUT2D eigenvalue weighted by Gasteiger charge is -2.18. The van der Waals surface area contributed by atoms with Gasteiger partial charge in [-0.1, -0.05) is 55.0 Å². The standard InChI is InChI=1S/C48H47Cl2N5O7P2/c49-26-30-28-54(38-24-40(61-63)34-8-3-5-10-36(34)47(30)38)45(59)17-15-32-13-14-33(52(32)23-21-51-42(56)12-2-1-7-22-53-43(57)19-20-44(53)58)16-18-46(60)55-29-31(27-50)48-37-11-6-4-9-35(37)41(62-64)25-39(48)55/h3-6,8-11,13-20,24-25,30-31H,1-2,7,12,21-23,26-29,63-64H2,(H,51,56)/t30-,31-/m1/s1. The van der Waals surface area contributed by atoms with E-state index in [1.165, 1.54) is 29.2 Å². The summed E-state index contributed by atoms with van der Waals surface area (Å²) in [7, 11) is 4.59. The van der Waals surface area contributed by atoms with Gasteiger partial charge in [-0.05, 0) is 59.0 Å². The van der Waals surface area contributed by atoms with Crippen molar-refractivity contribution in [3.05, 3.63) is 120 Å². The Labute approximate surface area is 385 Å². The monoisotopic (exact) mass is 937 g/mol. The van der Waals surface area contributed by atoms with Gasteiger partial charge in [0.25, 0.3) is 23.6 Å². The number of halogens is 2. The zero-order chi connectivity index (χ0) is 44.9. The molecule has 4 aromatic carbocycles. The molecule has 0 saturated carbocycles. The van der Waals surface area contributed by atoms with Gasteiger partial charge < -0.3 is 28.7 Å². The van der Waals surface area contributed by atoms with Crippen molar-refractivity contribution in [2.24, 2.45) is 0 Å². The highest BCUT2D eigenvalue weighted by Gasteiger charge is 2.35. The second-order valence-electron chi connectivity index (χ2n) is 15.9. The molecule has 16 heteroatoms. The highest BCUT2D eigenvalue weighted by Crippen LogP contribution is 2.47. The molecule has 0 aliphatic carbocycles. The fourth-order valence-electron chi connectivity index (χ4n) is 9.01. The van der Waals surface area contributed by atoms with Crippen LogP contribution >= 0.6 is 42.1 Å². The van der Waals surface area contributed by atoms with Crippen LogP contribution in [0.1, 0.15) is 60.0 Å². The zero-order valence-electron chi connectivity index (χ0n) is 34.9. The number of unbranched alkanes of at least 4 members (excludes halogenated alkanes) is 2. The van der Waals surface area contributed by atoms with E-state index >= 15 is 0 Å². The van der Waals surface area contributed by atoms with E-state index in [9.17, 15) is 24.0 Å². The van der Waals surface area contributed by atoms with Gasteiger partial charge in [0.15, 0.2) is 0 Å². The number of carbonyl (C=O) groups excluding carboxylic acids is 5. The molecule has 5 aromatic rings. The largest absolute Gasteiger partial charge is 0.480 e. The number of imide groups is 1. The van der Waals surface area contributed by atoms with Crippen LogP contribution in [0, 0.1) is 0 Å². The fourth-order valence-corrected chi connectivity index (χ4v) is 9.91. The molecule has 5 amide bonds. The van der Waals surface area contributed by atoms with E-state index in [-0.39, 0.29) is 54.3 Å². The Balaban J connectivity index is 1.01. The van der Waals surface area contributed by atoms with Crippen molar-refractivity contribution in [1.29, 1.82) is 0 Å². The van der Waals surface area contributed by atoms with Crippen molar-refractivity contribution in [2.75, 3.05) is 47.7 Å². The normalized spacial score (nSPS) is 16.8. The van der Waals surface area contributed by atoms with Crippen molar-refractivity contribution in [3.8, 4) is 11.5 Å². The minimum Gasteiger partial charge on any atom is -0.480 e. The fraction of sp³-hybridized carbons (Fsp3) is 0.271. The number of amides is 5. The van der Waals surface area contributed by atoms with E-state index in [0.717, 1.165) is 44.0 Å². The molecule has 0 bridgehead atoms. The average Bonchev–Trinajstić information content (AvgIpc) is 4.09. The Bertz CT molecular complexity index is 2590. The number of hydrogen-bond donors (Lipinski definition) is 1. The number of benzene rings is 4. The number of aromatic nitrogens is 1. The summed E-state index contributed by atoms with van der Waals surface area (Å²) >= 11 is 13.0. The molecule has 0 radical (unpaired) electrons. The summed E-state index contributed by atoms with van der Waals surface area (Å²) in [5, 5.41) is 6.84. The highest BCUT2D eigenvalue weighted by atomic mass is 35.5. The number of nitrogens with one attached hydrogen (secondary N) is 1. The van der Waals surface area contributed by atoms with Gasteiger partial charge >= 0.3 is 0 Å². The third kappa shape index (κ3) is 9.07. The quantitative estimate of drug-likeness (QED) is 0.0326. The van der Waals surface area contributed by atoms with Crippen LogP contribution in [0.4, 0.5) is 11.4 Å². The smallest absolute Gasteiger partial charge is 0.253 e. The number of carbonyl (C=O) groups is 5. The van der Waals surface area contributed by atoms with Gasteiger partial charge in [-0.3, -0.25) is 28.9 Å². The van der Waals surface area contributed by atoms with Crippen LogP contribution in [-0.2, 0) is 30.5 Å². The van der Waals surface area contributed by atoms with Crippen molar-refractivity contribution < 1.29 is 33.0 Å². The Hall–Kier alpha value is -5.51. The van der Waals surface area contributed by atoms with Gasteiger partial charge in [-0.2, -0.15) is 0 Å². The molecule has 0 saturated heterocycles. The molecule has 8 rings (SSSR count). The summed E-state index contributed by atoms with van der Waals surface area (Å²) in [6, 6.07) is 23.3. The molecule has 3 aliphatic rings. The molecule has 2 unspecified atom stereocenters. The molecule has 12 nitrogen and oxygen atoms in total. The van der Waals surface area contributed by atoms with E-state index in [4.69, 9.17) is 32.2 Å². The van der Waals surface area contributed by atoms with E-state index in [2.05, 4.69) is 24.3 Å². The second-order valence-corrected chi connectivity index (χ2v) is 17.0. The second kappa shape index (κ2) is 20.1. The van der Waals surface area contributed by atoms with Crippen molar-refractivity contribution in [2.45, 2.75) is 44.1 Å². The van der Waals surface area contributed by atoms with Gasteiger partial charge in [-0.15, -0.1) is 23.2 Å². The molecule has 330 valence electrons. The molecule has 3 aliphatic heterocycles. The number of anilines is 2. The Morgan fingerprint density at radius 2 is 1.16 bits per heavy atom. The van der Waals surface area contributed by atoms with Crippen LogP contribution in [0.5, 0.6) is 11.5 Å². The molecule has 0 fully saturated rings. The highest BCUT2D eigenvalue weighted by molar-refractivity contribution is 7.10. The first-order valence-corrected chi connectivity index (χ1v) is 23.1. The third-order valence-electron chi connectivity index (χ3n) is 12.1. The Morgan fingerprint density at radius 3 is 1.62 bits per heavy atom. The molecule has 4 atom stereocenters. The Morgan fingerprint density at radius 1 is 0.672 bits per heavy atom. The number of alkyl halides is 2. The predicted molar refractivity (Wildman–Crippen MR) is 260 cm³/mol. The van der Waals surface area contributed by atoms with Crippen LogP contribution < -0.4 is 24.2 Å². The summed E-state index contributed by atoms with van der Waals surface area (Å²) in [4.78, 5) is 69.4. The third-order valence-corrected chi connectivity index (χ3v) is 13.4. The molecule has 1 aromatic heterocycles. The van der Waals surface area contributed by atoms with Crippen LogP contribution in [-0.4, -0.2) is 76.9 Å². The zero-order valence-corrected chi connectivity index (χ0v) is 38.7. The summed E-state index contributed by atoms with van der Waals surface area (Å²) in [5.41, 5.74) is 4.89. The molecule has 0 spiro atoms. The molecule has 1 N–H and O–H groups in total.